The van der Waals surface area contributed by atoms with Crippen LogP contribution in [0, 0.1) is 19.8 Å². The molecule has 0 N–H and O–H groups in total. The van der Waals surface area contributed by atoms with Crippen molar-refractivity contribution in [2.45, 2.75) is 41.2 Å². The van der Waals surface area contributed by atoms with Crippen molar-refractivity contribution in [2.24, 2.45) is 5.92 Å². The van der Waals surface area contributed by atoms with Crippen LogP contribution in [0.25, 0.3) is 0 Å². The Morgan fingerprint density at radius 1 is 0.957 bits per heavy atom. The van der Waals surface area contributed by atoms with E-state index in [0.29, 0.717) is 10.6 Å². The van der Waals surface area contributed by atoms with Gasteiger partial charge < -0.3 is 4.84 Å². The first kappa shape index (κ1) is 17.6. The SMILES string of the molecule is CC[N+](Cc1cccc(C)c1C)(CC(C)C)Oc1ccccc1. The van der Waals surface area contributed by atoms with Crippen LogP contribution in [0.4, 0.5) is 0 Å². The smallest absolute Gasteiger partial charge is 0.190 e. The quantitative estimate of drug-likeness (QED) is 0.498. The summed E-state index contributed by atoms with van der Waals surface area (Å²) in [5.41, 5.74) is 4.10. The van der Waals surface area contributed by atoms with Crippen LogP contribution in [0.1, 0.15) is 37.5 Å². The lowest BCUT2D eigenvalue weighted by atomic mass is 10.0. The Hall–Kier alpha value is -1.80. The zero-order valence-electron chi connectivity index (χ0n) is 15.2. The Labute approximate surface area is 141 Å². The second kappa shape index (κ2) is 7.65. The molecule has 2 aromatic rings. The molecule has 0 aromatic heterocycles. The van der Waals surface area contributed by atoms with Crippen LogP contribution in [-0.4, -0.2) is 17.7 Å². The minimum Gasteiger partial charge on any atom is -0.315 e. The summed E-state index contributed by atoms with van der Waals surface area (Å²) in [5, 5.41) is 0. The van der Waals surface area contributed by atoms with E-state index in [1.165, 1.54) is 16.7 Å². The summed E-state index contributed by atoms with van der Waals surface area (Å²) in [6.45, 7) is 14.0. The molecule has 1 unspecified atom stereocenters. The number of hydrogen-bond donors (Lipinski definition) is 0. The molecule has 0 bridgehead atoms. The van der Waals surface area contributed by atoms with Gasteiger partial charge in [-0.2, -0.15) is 0 Å². The molecular formula is C21H30NO+. The van der Waals surface area contributed by atoms with Crippen LogP contribution >= 0.6 is 0 Å². The molecule has 2 heteroatoms. The van der Waals surface area contributed by atoms with Gasteiger partial charge in [-0.1, -0.05) is 50.2 Å². The van der Waals surface area contributed by atoms with E-state index in [4.69, 9.17) is 4.84 Å². The topological polar surface area (TPSA) is 9.23 Å². The van der Waals surface area contributed by atoms with Gasteiger partial charge in [-0.25, -0.2) is 0 Å². The Bertz CT molecular complexity index is 621. The fourth-order valence-corrected chi connectivity index (χ4v) is 3.10. The number of hydroxylamine groups is 3. The lowest BCUT2D eigenvalue weighted by molar-refractivity contribution is -1.09. The van der Waals surface area contributed by atoms with Gasteiger partial charge in [0.25, 0.3) is 0 Å². The van der Waals surface area contributed by atoms with Gasteiger partial charge in [-0.15, -0.1) is 4.65 Å². The molecule has 2 nitrogen and oxygen atoms in total. The van der Waals surface area contributed by atoms with Crippen molar-refractivity contribution in [3.05, 3.63) is 65.2 Å². The highest BCUT2D eigenvalue weighted by Gasteiger charge is 2.31. The Morgan fingerprint density at radius 3 is 2.26 bits per heavy atom. The van der Waals surface area contributed by atoms with Crippen molar-refractivity contribution in [3.8, 4) is 5.75 Å². The average molecular weight is 312 g/mol. The van der Waals surface area contributed by atoms with Crippen molar-refractivity contribution in [2.75, 3.05) is 13.1 Å². The standard InChI is InChI=1S/C21H30NO/c1-6-22(15-17(2)3,23-21-13-8-7-9-14-21)16-20-12-10-11-18(4)19(20)5/h7-14,17H,6,15-16H2,1-5H3/q+1. The Balaban J connectivity index is 2.34. The van der Waals surface area contributed by atoms with Gasteiger partial charge >= 0.3 is 0 Å². The molecule has 0 spiro atoms. The van der Waals surface area contributed by atoms with E-state index >= 15 is 0 Å². The number of aryl methyl sites for hydroxylation is 1. The molecule has 0 saturated carbocycles. The molecule has 0 amide bonds. The van der Waals surface area contributed by atoms with Crippen LogP contribution in [0.3, 0.4) is 0 Å². The second-order valence-corrected chi connectivity index (χ2v) is 6.87. The van der Waals surface area contributed by atoms with E-state index in [-0.39, 0.29) is 0 Å². The molecule has 0 heterocycles. The molecule has 23 heavy (non-hydrogen) atoms. The zero-order chi connectivity index (χ0) is 16.9. The number of quaternary nitrogens is 1. The predicted octanol–water partition coefficient (Wildman–Crippen LogP) is 5.29. The van der Waals surface area contributed by atoms with Crippen LogP contribution in [-0.2, 0) is 6.54 Å². The maximum atomic E-state index is 6.50. The lowest BCUT2D eigenvalue weighted by Crippen LogP contribution is -2.52. The van der Waals surface area contributed by atoms with E-state index in [0.717, 1.165) is 25.4 Å². The minimum atomic E-state index is 0.573. The third kappa shape index (κ3) is 4.59. The van der Waals surface area contributed by atoms with Crippen molar-refractivity contribution in [1.29, 1.82) is 0 Å². The van der Waals surface area contributed by atoms with Crippen molar-refractivity contribution in [1.82, 2.24) is 0 Å². The molecular weight excluding hydrogens is 282 g/mol. The third-order valence-corrected chi connectivity index (χ3v) is 4.49. The molecule has 2 aromatic carbocycles. The van der Waals surface area contributed by atoms with Gasteiger partial charge in [-0.3, -0.25) is 0 Å². The summed E-state index contributed by atoms with van der Waals surface area (Å²) in [7, 11) is 0. The largest absolute Gasteiger partial charge is 0.315 e. The van der Waals surface area contributed by atoms with E-state index in [1.54, 1.807) is 0 Å². The second-order valence-electron chi connectivity index (χ2n) is 6.87. The Morgan fingerprint density at radius 2 is 1.65 bits per heavy atom. The molecule has 0 saturated heterocycles. The molecule has 124 valence electrons. The van der Waals surface area contributed by atoms with Gasteiger partial charge in [-0.05, 0) is 44.0 Å². The number of rotatable bonds is 7. The van der Waals surface area contributed by atoms with Gasteiger partial charge in [0.05, 0.1) is 0 Å². The third-order valence-electron chi connectivity index (χ3n) is 4.49. The van der Waals surface area contributed by atoms with Crippen LogP contribution < -0.4 is 4.84 Å². The Kier molecular flexibility index (Phi) is 5.84. The average Bonchev–Trinajstić information content (AvgIpc) is 2.52. The molecule has 0 aliphatic carbocycles. The first-order valence-corrected chi connectivity index (χ1v) is 8.61. The van der Waals surface area contributed by atoms with Crippen molar-refractivity contribution < 1.29 is 9.48 Å². The highest BCUT2D eigenvalue weighted by atomic mass is 16.7. The summed E-state index contributed by atoms with van der Waals surface area (Å²) in [4.78, 5) is 6.50. The maximum absolute atomic E-state index is 6.50. The zero-order valence-corrected chi connectivity index (χ0v) is 15.2. The van der Waals surface area contributed by atoms with E-state index in [1.807, 2.05) is 30.3 Å². The van der Waals surface area contributed by atoms with E-state index in [2.05, 4.69) is 52.8 Å². The van der Waals surface area contributed by atoms with Gasteiger partial charge in [0, 0.05) is 11.5 Å². The highest BCUT2D eigenvalue weighted by molar-refractivity contribution is 5.32. The fraction of sp³-hybridized carbons (Fsp3) is 0.429. The predicted molar refractivity (Wildman–Crippen MR) is 97.2 cm³/mol. The van der Waals surface area contributed by atoms with Crippen molar-refractivity contribution >= 4 is 0 Å². The normalized spacial score (nSPS) is 13.8. The molecule has 2 rings (SSSR count). The highest BCUT2D eigenvalue weighted by Crippen LogP contribution is 2.24. The van der Waals surface area contributed by atoms with Gasteiger partial charge in [0.1, 0.15) is 19.6 Å². The number of hydrogen-bond acceptors (Lipinski definition) is 1. The lowest BCUT2D eigenvalue weighted by Gasteiger charge is -2.36. The van der Waals surface area contributed by atoms with E-state index in [9.17, 15) is 0 Å². The number of nitrogens with zero attached hydrogens (tertiary/aromatic N) is 1. The fourth-order valence-electron chi connectivity index (χ4n) is 3.10. The summed E-state index contributed by atoms with van der Waals surface area (Å²) in [6, 6.07) is 16.8. The van der Waals surface area contributed by atoms with Crippen LogP contribution in [0.5, 0.6) is 5.75 Å². The summed E-state index contributed by atoms with van der Waals surface area (Å²) >= 11 is 0. The molecule has 0 aliphatic heterocycles. The molecule has 0 aliphatic rings. The summed E-state index contributed by atoms with van der Waals surface area (Å²) in [6.07, 6.45) is 0. The number of para-hydroxylation sites is 1. The number of benzene rings is 2. The monoisotopic (exact) mass is 312 g/mol. The molecule has 0 radical (unpaired) electrons. The van der Waals surface area contributed by atoms with Gasteiger partial charge in [0.15, 0.2) is 5.75 Å². The molecule has 0 fully saturated rings. The summed E-state index contributed by atoms with van der Waals surface area (Å²) in [5.74, 6) is 1.52. The van der Waals surface area contributed by atoms with Crippen LogP contribution in [0.15, 0.2) is 48.5 Å². The van der Waals surface area contributed by atoms with Crippen molar-refractivity contribution in [3.63, 3.8) is 0 Å². The van der Waals surface area contributed by atoms with Crippen LogP contribution in [0.2, 0.25) is 0 Å². The van der Waals surface area contributed by atoms with E-state index < -0.39 is 0 Å². The first-order valence-electron chi connectivity index (χ1n) is 8.61. The minimum absolute atomic E-state index is 0.573. The van der Waals surface area contributed by atoms with Gasteiger partial charge in [0.2, 0.25) is 0 Å². The first-order chi connectivity index (χ1) is 11.0. The summed E-state index contributed by atoms with van der Waals surface area (Å²) < 4.78 is 0.631. The maximum Gasteiger partial charge on any atom is 0.190 e. The molecule has 1 atom stereocenters.